The maximum Gasteiger partial charge on any atom is 0.257 e. The molecule has 1 aromatic carbocycles. The molecule has 27 heavy (non-hydrogen) atoms. The minimum absolute atomic E-state index is 0.161. The normalized spacial score (nSPS) is 14.8. The number of carbonyl (C=O) groups is 1. The van der Waals surface area contributed by atoms with E-state index in [2.05, 4.69) is 42.1 Å². The fraction of sp³-hybridized carbons (Fsp3) is 0.368. The van der Waals surface area contributed by atoms with Gasteiger partial charge < -0.3 is 9.80 Å². The standard InChI is InChI=1S/C19H21BrN6O/c1-13-11-17(21-19-23-22-14(2)26(13)19)24-7-9-25(10-8-24)18(27)12-15-5-3-4-6-16(15)20/h3-6,11H,7-10,12H2,1-2H3. The van der Waals surface area contributed by atoms with Crippen LogP contribution in [0, 0.1) is 13.8 Å². The van der Waals surface area contributed by atoms with Crippen molar-refractivity contribution in [3.8, 4) is 0 Å². The van der Waals surface area contributed by atoms with Gasteiger partial charge in [0.05, 0.1) is 6.42 Å². The van der Waals surface area contributed by atoms with E-state index in [-0.39, 0.29) is 5.91 Å². The van der Waals surface area contributed by atoms with E-state index < -0.39 is 0 Å². The van der Waals surface area contributed by atoms with Crippen LogP contribution in [0.25, 0.3) is 5.78 Å². The third kappa shape index (κ3) is 3.53. The largest absolute Gasteiger partial charge is 0.353 e. The van der Waals surface area contributed by atoms with E-state index in [0.717, 1.165) is 40.5 Å². The Labute approximate surface area is 166 Å². The summed E-state index contributed by atoms with van der Waals surface area (Å²) in [7, 11) is 0. The van der Waals surface area contributed by atoms with E-state index >= 15 is 0 Å². The van der Waals surface area contributed by atoms with E-state index in [9.17, 15) is 4.79 Å². The van der Waals surface area contributed by atoms with Gasteiger partial charge in [-0.05, 0) is 25.5 Å². The first kappa shape index (κ1) is 17.9. The van der Waals surface area contributed by atoms with Gasteiger partial charge in [-0.25, -0.2) is 0 Å². The van der Waals surface area contributed by atoms with E-state index in [1.807, 2.05) is 47.4 Å². The van der Waals surface area contributed by atoms with Crippen LogP contribution in [-0.4, -0.2) is 56.6 Å². The second kappa shape index (κ2) is 7.26. The third-order valence-corrected chi connectivity index (χ3v) is 5.74. The second-order valence-corrected chi connectivity index (χ2v) is 7.63. The van der Waals surface area contributed by atoms with Gasteiger partial charge in [0.2, 0.25) is 5.91 Å². The molecular formula is C19H21BrN6O. The van der Waals surface area contributed by atoms with Crippen LogP contribution in [0.4, 0.5) is 5.82 Å². The SMILES string of the molecule is Cc1cc(N2CCN(C(=O)Cc3ccccc3Br)CC2)nc2nnc(C)n12. The second-order valence-electron chi connectivity index (χ2n) is 6.77. The van der Waals surface area contributed by atoms with Crippen molar-refractivity contribution in [1.29, 1.82) is 0 Å². The summed E-state index contributed by atoms with van der Waals surface area (Å²) in [6.07, 6.45) is 0.420. The number of benzene rings is 1. The van der Waals surface area contributed by atoms with Crippen LogP contribution in [0.3, 0.4) is 0 Å². The average Bonchev–Trinajstić information content (AvgIpc) is 3.05. The molecule has 7 nitrogen and oxygen atoms in total. The molecule has 1 fully saturated rings. The quantitative estimate of drug-likeness (QED) is 0.640. The number of rotatable bonds is 3. The summed E-state index contributed by atoms with van der Waals surface area (Å²) in [4.78, 5) is 21.4. The van der Waals surface area contributed by atoms with Gasteiger partial charge in [0, 0.05) is 42.4 Å². The number of halogens is 1. The summed E-state index contributed by atoms with van der Waals surface area (Å²) >= 11 is 3.52. The van der Waals surface area contributed by atoms with Gasteiger partial charge in [-0.3, -0.25) is 9.20 Å². The molecule has 0 N–H and O–H groups in total. The molecule has 1 amide bonds. The molecule has 1 aliphatic rings. The number of hydrogen-bond acceptors (Lipinski definition) is 5. The lowest BCUT2D eigenvalue weighted by Gasteiger charge is -2.35. The molecule has 1 saturated heterocycles. The Morgan fingerprint density at radius 3 is 2.59 bits per heavy atom. The first-order chi connectivity index (χ1) is 13.0. The minimum Gasteiger partial charge on any atom is -0.353 e. The van der Waals surface area contributed by atoms with Crippen molar-refractivity contribution >= 4 is 33.4 Å². The van der Waals surface area contributed by atoms with Crippen LogP contribution in [0.5, 0.6) is 0 Å². The molecule has 3 heterocycles. The molecule has 0 radical (unpaired) electrons. The zero-order chi connectivity index (χ0) is 19.0. The Kier molecular flexibility index (Phi) is 4.82. The van der Waals surface area contributed by atoms with Gasteiger partial charge >= 0.3 is 0 Å². The number of fused-ring (bicyclic) bond motifs is 1. The summed E-state index contributed by atoms with van der Waals surface area (Å²) in [5.41, 5.74) is 2.08. The smallest absolute Gasteiger partial charge is 0.257 e. The van der Waals surface area contributed by atoms with Gasteiger partial charge in [0.1, 0.15) is 11.6 Å². The maximum atomic E-state index is 12.6. The first-order valence-electron chi connectivity index (χ1n) is 8.98. The first-order valence-corrected chi connectivity index (χ1v) is 9.78. The average molecular weight is 429 g/mol. The highest BCUT2D eigenvalue weighted by molar-refractivity contribution is 9.10. The molecule has 0 aliphatic carbocycles. The van der Waals surface area contributed by atoms with Crippen LogP contribution in [0.1, 0.15) is 17.1 Å². The van der Waals surface area contributed by atoms with Gasteiger partial charge in [0.15, 0.2) is 0 Å². The van der Waals surface area contributed by atoms with Crippen LogP contribution < -0.4 is 4.90 Å². The van der Waals surface area contributed by atoms with Gasteiger partial charge in [-0.15, -0.1) is 10.2 Å². The molecule has 0 atom stereocenters. The van der Waals surface area contributed by atoms with Gasteiger partial charge in [-0.1, -0.05) is 34.1 Å². The van der Waals surface area contributed by atoms with Gasteiger partial charge in [0.25, 0.3) is 5.78 Å². The lowest BCUT2D eigenvalue weighted by Crippen LogP contribution is -2.49. The molecule has 3 aromatic rings. The lowest BCUT2D eigenvalue weighted by atomic mass is 10.1. The van der Waals surface area contributed by atoms with Crippen molar-refractivity contribution in [2.75, 3.05) is 31.1 Å². The zero-order valence-corrected chi connectivity index (χ0v) is 17.0. The number of amides is 1. The number of nitrogens with zero attached hydrogens (tertiary/aromatic N) is 6. The topological polar surface area (TPSA) is 66.6 Å². The molecule has 0 spiro atoms. The molecule has 8 heteroatoms. The number of hydrogen-bond donors (Lipinski definition) is 0. The van der Waals surface area contributed by atoms with Crippen LogP contribution >= 0.6 is 15.9 Å². The summed E-state index contributed by atoms with van der Waals surface area (Å²) in [6, 6.07) is 9.93. The van der Waals surface area contributed by atoms with Crippen molar-refractivity contribution in [2.24, 2.45) is 0 Å². The highest BCUT2D eigenvalue weighted by Gasteiger charge is 2.23. The molecule has 2 aromatic heterocycles. The van der Waals surface area contributed by atoms with Crippen molar-refractivity contribution in [2.45, 2.75) is 20.3 Å². The molecule has 1 aliphatic heterocycles. The molecule has 0 unspecified atom stereocenters. The fourth-order valence-corrected chi connectivity index (χ4v) is 3.91. The minimum atomic E-state index is 0.161. The van der Waals surface area contributed by atoms with E-state index in [4.69, 9.17) is 0 Å². The number of aromatic nitrogens is 4. The third-order valence-electron chi connectivity index (χ3n) is 4.97. The van der Waals surface area contributed by atoms with Crippen molar-refractivity contribution in [3.05, 3.63) is 51.9 Å². The maximum absolute atomic E-state index is 12.6. The number of anilines is 1. The summed E-state index contributed by atoms with van der Waals surface area (Å²) < 4.78 is 2.93. The fourth-order valence-electron chi connectivity index (χ4n) is 3.49. The number of piperazine rings is 1. The highest BCUT2D eigenvalue weighted by atomic mass is 79.9. The highest BCUT2D eigenvalue weighted by Crippen LogP contribution is 2.20. The molecular weight excluding hydrogens is 408 g/mol. The summed E-state index contributed by atoms with van der Waals surface area (Å²) in [5.74, 6) is 2.51. The van der Waals surface area contributed by atoms with Crippen molar-refractivity contribution < 1.29 is 4.79 Å². The molecule has 140 valence electrons. The Hall–Kier alpha value is -2.48. The Morgan fingerprint density at radius 2 is 1.85 bits per heavy atom. The number of carbonyl (C=O) groups excluding carboxylic acids is 1. The Balaban J connectivity index is 1.43. The van der Waals surface area contributed by atoms with Crippen LogP contribution in [0.2, 0.25) is 0 Å². The Morgan fingerprint density at radius 1 is 1.11 bits per heavy atom. The summed E-state index contributed by atoms with van der Waals surface area (Å²) in [5, 5.41) is 8.24. The van der Waals surface area contributed by atoms with Crippen molar-refractivity contribution in [1.82, 2.24) is 24.5 Å². The van der Waals surface area contributed by atoms with Crippen LogP contribution in [0.15, 0.2) is 34.8 Å². The predicted molar refractivity (Wildman–Crippen MR) is 107 cm³/mol. The van der Waals surface area contributed by atoms with Crippen molar-refractivity contribution in [3.63, 3.8) is 0 Å². The molecule has 0 bridgehead atoms. The predicted octanol–water partition coefficient (Wildman–Crippen LogP) is 2.39. The zero-order valence-electron chi connectivity index (χ0n) is 15.4. The van der Waals surface area contributed by atoms with E-state index in [1.54, 1.807) is 0 Å². The monoisotopic (exact) mass is 428 g/mol. The molecule has 0 saturated carbocycles. The van der Waals surface area contributed by atoms with Crippen LogP contribution in [-0.2, 0) is 11.2 Å². The lowest BCUT2D eigenvalue weighted by molar-refractivity contribution is -0.130. The van der Waals surface area contributed by atoms with E-state index in [1.165, 1.54) is 0 Å². The molecule has 4 rings (SSSR count). The number of aryl methyl sites for hydroxylation is 2. The summed E-state index contributed by atoms with van der Waals surface area (Å²) in [6.45, 7) is 6.87. The Bertz CT molecular complexity index is 993. The van der Waals surface area contributed by atoms with Gasteiger partial charge in [-0.2, -0.15) is 4.98 Å². The van der Waals surface area contributed by atoms with E-state index in [0.29, 0.717) is 25.3 Å².